The Morgan fingerprint density at radius 2 is 1.65 bits per heavy atom. The van der Waals surface area contributed by atoms with Crippen LogP contribution in [-0.4, -0.2) is 41.0 Å². The van der Waals surface area contributed by atoms with Crippen LogP contribution >= 0.6 is 27.7 Å². The van der Waals surface area contributed by atoms with Crippen molar-refractivity contribution in [1.82, 2.24) is 4.90 Å². The van der Waals surface area contributed by atoms with Gasteiger partial charge in [0.1, 0.15) is 12.3 Å². The SMILES string of the molecule is Cc1ccccc1NC(=O)COc1ccc(/C=C2\SC(=O)N(CC(=O)Nc3ccc(Br)cc3)C2=O)cc1. The highest BCUT2D eigenvalue weighted by Crippen LogP contribution is 2.32. The number of anilines is 2. The number of hydrogen-bond donors (Lipinski definition) is 2. The zero-order chi connectivity index (χ0) is 26.4. The fourth-order valence-corrected chi connectivity index (χ4v) is 4.48. The van der Waals surface area contributed by atoms with Crippen molar-refractivity contribution < 1.29 is 23.9 Å². The Kier molecular flexibility index (Phi) is 8.42. The molecule has 0 unspecified atom stereocenters. The number of carbonyl (C=O) groups excluding carboxylic acids is 4. The second-order valence-electron chi connectivity index (χ2n) is 8.04. The van der Waals surface area contributed by atoms with Crippen LogP contribution in [-0.2, 0) is 14.4 Å². The van der Waals surface area contributed by atoms with Crippen LogP contribution in [0.5, 0.6) is 5.75 Å². The van der Waals surface area contributed by atoms with E-state index in [0.29, 0.717) is 17.0 Å². The highest BCUT2D eigenvalue weighted by Gasteiger charge is 2.36. The zero-order valence-electron chi connectivity index (χ0n) is 19.7. The Morgan fingerprint density at radius 1 is 0.946 bits per heavy atom. The van der Waals surface area contributed by atoms with Crippen molar-refractivity contribution >= 4 is 68.1 Å². The summed E-state index contributed by atoms with van der Waals surface area (Å²) in [6.45, 7) is 1.37. The van der Waals surface area contributed by atoms with Gasteiger partial charge in [0.2, 0.25) is 5.91 Å². The summed E-state index contributed by atoms with van der Waals surface area (Å²) in [4.78, 5) is 50.7. The Balaban J connectivity index is 1.31. The van der Waals surface area contributed by atoms with Gasteiger partial charge in [-0.3, -0.25) is 24.1 Å². The molecule has 8 nitrogen and oxygen atoms in total. The number of benzene rings is 3. The van der Waals surface area contributed by atoms with Gasteiger partial charge in [-0.05, 0) is 78.4 Å². The van der Waals surface area contributed by atoms with Gasteiger partial charge in [-0.1, -0.05) is 46.3 Å². The van der Waals surface area contributed by atoms with Crippen LogP contribution in [0, 0.1) is 6.92 Å². The van der Waals surface area contributed by atoms with Gasteiger partial charge in [-0.15, -0.1) is 0 Å². The van der Waals surface area contributed by atoms with Gasteiger partial charge < -0.3 is 15.4 Å². The lowest BCUT2D eigenvalue weighted by Gasteiger charge is -2.12. The van der Waals surface area contributed by atoms with Gasteiger partial charge in [0.25, 0.3) is 17.1 Å². The number of para-hydroxylation sites is 1. The first-order chi connectivity index (χ1) is 17.8. The number of rotatable bonds is 8. The number of imide groups is 1. The van der Waals surface area contributed by atoms with E-state index in [1.807, 2.05) is 31.2 Å². The normalized spacial score (nSPS) is 14.1. The number of nitrogens with one attached hydrogen (secondary N) is 2. The lowest BCUT2D eigenvalue weighted by molar-refractivity contribution is -0.127. The summed E-state index contributed by atoms with van der Waals surface area (Å²) >= 11 is 4.10. The second kappa shape index (κ2) is 11.9. The van der Waals surface area contributed by atoms with Crippen molar-refractivity contribution in [3.8, 4) is 5.75 Å². The van der Waals surface area contributed by atoms with E-state index in [4.69, 9.17) is 4.74 Å². The molecule has 4 amide bonds. The van der Waals surface area contributed by atoms with E-state index in [9.17, 15) is 19.2 Å². The molecule has 0 spiro atoms. The van der Waals surface area contributed by atoms with Crippen LogP contribution in [0.1, 0.15) is 11.1 Å². The first-order valence-electron chi connectivity index (χ1n) is 11.2. The summed E-state index contributed by atoms with van der Waals surface area (Å²) in [6.07, 6.45) is 1.58. The summed E-state index contributed by atoms with van der Waals surface area (Å²) in [5.74, 6) is -0.806. The maximum absolute atomic E-state index is 12.7. The molecular weight excluding hydrogens is 558 g/mol. The molecule has 188 valence electrons. The average Bonchev–Trinajstić information content (AvgIpc) is 3.13. The fourth-order valence-electron chi connectivity index (χ4n) is 3.37. The van der Waals surface area contributed by atoms with Crippen LogP contribution in [0.3, 0.4) is 0 Å². The third kappa shape index (κ3) is 7.08. The van der Waals surface area contributed by atoms with E-state index in [0.717, 1.165) is 32.4 Å². The predicted octanol–water partition coefficient (Wildman–Crippen LogP) is 5.45. The minimum absolute atomic E-state index is 0.158. The standard InChI is InChI=1S/C27H22BrN3O5S/c1-17-4-2-3-5-22(17)30-25(33)16-36-21-12-6-18(7-13-21)14-23-26(34)31(27(35)37-23)15-24(32)29-20-10-8-19(28)9-11-20/h2-14H,15-16H2,1H3,(H,29,32)(H,30,33)/b23-14-. The van der Waals surface area contributed by atoms with E-state index in [1.54, 1.807) is 54.6 Å². The molecule has 1 aliphatic heterocycles. The summed E-state index contributed by atoms with van der Waals surface area (Å²) in [5, 5.41) is 4.96. The summed E-state index contributed by atoms with van der Waals surface area (Å²) in [5.41, 5.74) is 2.91. The maximum Gasteiger partial charge on any atom is 0.294 e. The third-order valence-corrected chi connectivity index (χ3v) is 6.71. The van der Waals surface area contributed by atoms with Gasteiger partial charge in [0.05, 0.1) is 4.91 Å². The second-order valence-corrected chi connectivity index (χ2v) is 9.95. The average molecular weight is 580 g/mol. The van der Waals surface area contributed by atoms with Crippen molar-refractivity contribution in [2.45, 2.75) is 6.92 Å². The number of carbonyl (C=O) groups is 4. The Labute approximate surface area is 226 Å². The summed E-state index contributed by atoms with van der Waals surface area (Å²) < 4.78 is 6.41. The van der Waals surface area contributed by atoms with E-state index < -0.39 is 17.1 Å². The molecule has 10 heteroatoms. The van der Waals surface area contributed by atoms with Crippen molar-refractivity contribution in [3.05, 3.63) is 93.3 Å². The van der Waals surface area contributed by atoms with Gasteiger partial charge in [-0.2, -0.15) is 0 Å². The first kappa shape index (κ1) is 26.2. The van der Waals surface area contributed by atoms with Gasteiger partial charge in [0.15, 0.2) is 6.61 Å². The largest absolute Gasteiger partial charge is 0.484 e. The molecule has 0 radical (unpaired) electrons. The number of aryl methyl sites for hydroxylation is 1. The number of nitrogens with zero attached hydrogens (tertiary/aromatic N) is 1. The van der Waals surface area contributed by atoms with E-state index in [2.05, 4.69) is 26.6 Å². The number of amides is 4. The molecule has 0 aromatic heterocycles. The third-order valence-electron chi connectivity index (χ3n) is 5.27. The van der Waals surface area contributed by atoms with E-state index in [-0.39, 0.29) is 24.0 Å². The maximum atomic E-state index is 12.7. The molecule has 1 heterocycles. The first-order valence-corrected chi connectivity index (χ1v) is 12.8. The zero-order valence-corrected chi connectivity index (χ0v) is 22.1. The number of hydrogen-bond acceptors (Lipinski definition) is 6. The predicted molar refractivity (Wildman–Crippen MR) is 147 cm³/mol. The van der Waals surface area contributed by atoms with Crippen LogP contribution < -0.4 is 15.4 Å². The quantitative estimate of drug-likeness (QED) is 0.344. The minimum atomic E-state index is -0.533. The van der Waals surface area contributed by atoms with E-state index in [1.165, 1.54) is 0 Å². The lowest BCUT2D eigenvalue weighted by Crippen LogP contribution is -2.36. The van der Waals surface area contributed by atoms with Gasteiger partial charge >= 0.3 is 0 Å². The smallest absolute Gasteiger partial charge is 0.294 e. The molecule has 2 N–H and O–H groups in total. The van der Waals surface area contributed by atoms with Crippen molar-refractivity contribution in [1.29, 1.82) is 0 Å². The summed E-state index contributed by atoms with van der Waals surface area (Å²) in [6, 6.07) is 21.2. The molecule has 3 aromatic carbocycles. The van der Waals surface area contributed by atoms with E-state index >= 15 is 0 Å². The van der Waals surface area contributed by atoms with Crippen LogP contribution in [0.15, 0.2) is 82.2 Å². The Bertz CT molecular complexity index is 1370. The minimum Gasteiger partial charge on any atom is -0.484 e. The highest BCUT2D eigenvalue weighted by molar-refractivity contribution is 9.10. The van der Waals surface area contributed by atoms with Crippen molar-refractivity contribution in [3.63, 3.8) is 0 Å². The molecule has 1 saturated heterocycles. The van der Waals surface area contributed by atoms with Gasteiger partial charge in [-0.25, -0.2) is 0 Å². The number of thioether (sulfide) groups is 1. The highest BCUT2D eigenvalue weighted by atomic mass is 79.9. The molecule has 0 saturated carbocycles. The lowest BCUT2D eigenvalue weighted by atomic mass is 10.2. The van der Waals surface area contributed by atoms with Crippen LogP contribution in [0.2, 0.25) is 0 Å². The molecule has 0 atom stereocenters. The molecule has 0 bridgehead atoms. The topological polar surface area (TPSA) is 105 Å². The summed E-state index contributed by atoms with van der Waals surface area (Å²) in [7, 11) is 0. The number of ether oxygens (including phenoxy) is 1. The molecule has 1 aliphatic rings. The van der Waals surface area contributed by atoms with Crippen LogP contribution in [0.4, 0.5) is 16.2 Å². The van der Waals surface area contributed by atoms with Crippen LogP contribution in [0.25, 0.3) is 6.08 Å². The molecule has 37 heavy (non-hydrogen) atoms. The van der Waals surface area contributed by atoms with Gasteiger partial charge in [0, 0.05) is 15.8 Å². The Morgan fingerprint density at radius 3 is 2.35 bits per heavy atom. The number of halogens is 1. The molecule has 4 rings (SSSR count). The Hall–Kier alpha value is -3.89. The molecule has 0 aliphatic carbocycles. The fraction of sp³-hybridized carbons (Fsp3) is 0.111. The molecular formula is C27H22BrN3O5S. The molecule has 1 fully saturated rings. The van der Waals surface area contributed by atoms with Crippen molar-refractivity contribution in [2.75, 3.05) is 23.8 Å². The monoisotopic (exact) mass is 579 g/mol. The molecule has 3 aromatic rings. The van der Waals surface area contributed by atoms with Crippen molar-refractivity contribution in [2.24, 2.45) is 0 Å².